The first-order chi connectivity index (χ1) is 11.6. The van der Waals surface area contributed by atoms with E-state index in [9.17, 15) is 27.9 Å². The number of alkyl halides is 3. The van der Waals surface area contributed by atoms with Gasteiger partial charge in [0.2, 0.25) is 0 Å². The number of ether oxygens (including phenoxy) is 1. The fraction of sp³-hybridized carbons (Fsp3) is 0.412. The van der Waals surface area contributed by atoms with E-state index in [1.807, 2.05) is 0 Å². The number of nitrogens with zero attached hydrogens (tertiary/aromatic N) is 1. The van der Waals surface area contributed by atoms with Gasteiger partial charge < -0.3 is 14.7 Å². The molecule has 0 radical (unpaired) electrons. The van der Waals surface area contributed by atoms with Gasteiger partial charge in [-0.25, -0.2) is 0 Å². The minimum absolute atomic E-state index is 0.00169. The predicted molar refractivity (Wildman–Crippen MR) is 83.4 cm³/mol. The molecule has 1 aromatic rings. The largest absolute Gasteiger partial charge is 0.489 e. The van der Waals surface area contributed by atoms with Crippen molar-refractivity contribution < 1.29 is 32.6 Å². The number of carbonyl (C=O) groups is 2. The van der Waals surface area contributed by atoms with Gasteiger partial charge in [0.15, 0.2) is 0 Å². The van der Waals surface area contributed by atoms with Crippen LogP contribution in [0.1, 0.15) is 29.3 Å². The molecular weight excluding hydrogens is 339 g/mol. The Morgan fingerprint density at radius 1 is 1.44 bits per heavy atom. The van der Waals surface area contributed by atoms with Crippen LogP contribution in [0.25, 0.3) is 0 Å². The van der Waals surface area contributed by atoms with E-state index >= 15 is 0 Å². The highest BCUT2D eigenvalue weighted by Gasteiger charge is 2.43. The van der Waals surface area contributed by atoms with Crippen molar-refractivity contribution in [1.29, 1.82) is 0 Å². The van der Waals surface area contributed by atoms with Gasteiger partial charge in [-0.05, 0) is 31.5 Å². The number of carboxylic acid groups (broad SMARTS) is 1. The van der Waals surface area contributed by atoms with Crippen LogP contribution in [0.3, 0.4) is 0 Å². The maximum absolute atomic E-state index is 13.0. The Bertz CT molecular complexity index is 702. The molecule has 1 saturated heterocycles. The molecule has 136 valence electrons. The molecule has 1 aliphatic heterocycles. The number of amides is 1. The zero-order valence-corrected chi connectivity index (χ0v) is 13.6. The zero-order valence-electron chi connectivity index (χ0n) is 13.6. The van der Waals surface area contributed by atoms with Crippen molar-refractivity contribution in [2.24, 2.45) is 5.41 Å². The number of benzene rings is 1. The molecule has 0 bridgehead atoms. The fourth-order valence-electron chi connectivity index (χ4n) is 2.63. The van der Waals surface area contributed by atoms with Gasteiger partial charge in [0.05, 0.1) is 16.5 Å². The lowest BCUT2D eigenvalue weighted by atomic mass is 9.90. The van der Waals surface area contributed by atoms with Gasteiger partial charge in [-0.3, -0.25) is 9.59 Å². The molecule has 1 aliphatic rings. The average Bonchev–Trinajstić information content (AvgIpc) is 2.95. The lowest BCUT2D eigenvalue weighted by Gasteiger charge is -2.22. The summed E-state index contributed by atoms with van der Waals surface area (Å²) in [7, 11) is 0. The summed E-state index contributed by atoms with van der Waals surface area (Å²) in [6.45, 7) is 5.07. The number of hydrogen-bond donors (Lipinski definition) is 1. The average molecular weight is 357 g/mol. The van der Waals surface area contributed by atoms with Crippen LogP contribution in [-0.2, 0) is 11.0 Å². The van der Waals surface area contributed by atoms with E-state index in [0.717, 1.165) is 18.2 Å². The van der Waals surface area contributed by atoms with Crippen LogP contribution in [0, 0.1) is 5.41 Å². The molecule has 0 aliphatic carbocycles. The lowest BCUT2D eigenvalue weighted by molar-refractivity contribution is -0.147. The minimum atomic E-state index is -4.60. The van der Waals surface area contributed by atoms with E-state index in [1.54, 1.807) is 0 Å². The monoisotopic (exact) mass is 357 g/mol. The van der Waals surface area contributed by atoms with Crippen molar-refractivity contribution in [2.75, 3.05) is 19.7 Å². The summed E-state index contributed by atoms with van der Waals surface area (Å²) in [6.07, 6.45) is -2.97. The number of aliphatic carboxylic acids is 1. The molecule has 1 N–H and O–H groups in total. The molecule has 1 heterocycles. The van der Waals surface area contributed by atoms with Gasteiger partial charge >= 0.3 is 12.1 Å². The van der Waals surface area contributed by atoms with E-state index < -0.39 is 29.0 Å². The fourth-order valence-corrected chi connectivity index (χ4v) is 2.63. The Balaban J connectivity index is 2.36. The first-order valence-corrected chi connectivity index (χ1v) is 7.56. The molecule has 1 atom stereocenters. The van der Waals surface area contributed by atoms with Crippen molar-refractivity contribution in [3.63, 3.8) is 0 Å². The Morgan fingerprint density at radius 2 is 2.12 bits per heavy atom. The SMILES string of the molecule is C=CCOc1ccc(C(F)(F)F)cc1C(=O)N1CCC(C)(C(=O)O)C1. The topological polar surface area (TPSA) is 66.8 Å². The highest BCUT2D eigenvalue weighted by atomic mass is 19.4. The first kappa shape index (κ1) is 18.8. The van der Waals surface area contributed by atoms with Gasteiger partial charge in [0.25, 0.3) is 5.91 Å². The molecule has 2 rings (SSSR count). The van der Waals surface area contributed by atoms with E-state index in [0.29, 0.717) is 0 Å². The van der Waals surface area contributed by atoms with Crippen LogP contribution in [-0.4, -0.2) is 41.6 Å². The Hall–Kier alpha value is -2.51. The Kier molecular flexibility index (Phi) is 5.10. The van der Waals surface area contributed by atoms with E-state index in [1.165, 1.54) is 17.9 Å². The molecule has 0 aromatic heterocycles. The Morgan fingerprint density at radius 3 is 2.64 bits per heavy atom. The number of rotatable bonds is 5. The van der Waals surface area contributed by atoms with Crippen molar-refractivity contribution in [3.8, 4) is 5.75 Å². The van der Waals surface area contributed by atoms with E-state index in [2.05, 4.69) is 6.58 Å². The number of hydrogen-bond acceptors (Lipinski definition) is 3. The molecule has 0 spiro atoms. The normalized spacial score (nSPS) is 20.4. The van der Waals surface area contributed by atoms with Crippen LogP contribution in [0.5, 0.6) is 5.75 Å². The van der Waals surface area contributed by atoms with E-state index in [4.69, 9.17) is 4.74 Å². The maximum Gasteiger partial charge on any atom is 0.416 e. The van der Waals surface area contributed by atoms with Gasteiger partial charge in [-0.15, -0.1) is 0 Å². The second kappa shape index (κ2) is 6.78. The minimum Gasteiger partial charge on any atom is -0.489 e. The molecule has 1 aromatic carbocycles. The number of carboxylic acids is 1. The van der Waals surface area contributed by atoms with Crippen molar-refractivity contribution in [2.45, 2.75) is 19.5 Å². The van der Waals surface area contributed by atoms with Crippen LogP contribution in [0.2, 0.25) is 0 Å². The third-order valence-corrected chi connectivity index (χ3v) is 4.17. The zero-order chi connectivity index (χ0) is 18.8. The van der Waals surface area contributed by atoms with E-state index in [-0.39, 0.29) is 37.4 Å². The Labute approximate surface area is 142 Å². The number of likely N-dealkylation sites (tertiary alicyclic amines) is 1. The van der Waals surface area contributed by atoms with Crippen molar-refractivity contribution in [3.05, 3.63) is 42.0 Å². The summed E-state index contributed by atoms with van der Waals surface area (Å²) >= 11 is 0. The van der Waals surface area contributed by atoms with Gasteiger partial charge in [-0.1, -0.05) is 12.7 Å². The van der Waals surface area contributed by atoms with Crippen LogP contribution in [0.4, 0.5) is 13.2 Å². The molecular formula is C17H18F3NO4. The summed E-state index contributed by atoms with van der Waals surface area (Å²) in [5.74, 6) is -1.73. The number of halogens is 3. The third-order valence-electron chi connectivity index (χ3n) is 4.17. The first-order valence-electron chi connectivity index (χ1n) is 7.56. The second-order valence-electron chi connectivity index (χ2n) is 6.15. The molecule has 1 unspecified atom stereocenters. The summed E-state index contributed by atoms with van der Waals surface area (Å²) in [4.78, 5) is 25.2. The molecule has 5 nitrogen and oxygen atoms in total. The summed E-state index contributed by atoms with van der Waals surface area (Å²) in [6, 6.07) is 2.66. The molecule has 1 amide bonds. The highest BCUT2D eigenvalue weighted by Crippen LogP contribution is 2.35. The van der Waals surface area contributed by atoms with Crippen LogP contribution in [0.15, 0.2) is 30.9 Å². The standard InChI is InChI=1S/C17H18F3NO4/c1-3-8-25-13-5-4-11(17(18,19)20)9-12(13)14(22)21-7-6-16(2,10-21)15(23)24/h3-5,9H,1,6-8,10H2,2H3,(H,23,24). The summed E-state index contributed by atoms with van der Waals surface area (Å²) in [5.41, 5.74) is -2.33. The molecule has 8 heteroatoms. The van der Waals surface area contributed by atoms with Gasteiger partial charge in [0, 0.05) is 13.1 Å². The smallest absolute Gasteiger partial charge is 0.416 e. The molecule has 1 fully saturated rings. The predicted octanol–water partition coefficient (Wildman–Crippen LogP) is 3.21. The molecule has 0 saturated carbocycles. The lowest BCUT2D eigenvalue weighted by Crippen LogP contribution is -2.35. The quantitative estimate of drug-likeness (QED) is 0.822. The van der Waals surface area contributed by atoms with Gasteiger partial charge in [-0.2, -0.15) is 13.2 Å². The van der Waals surface area contributed by atoms with Crippen LogP contribution < -0.4 is 4.74 Å². The molecule has 25 heavy (non-hydrogen) atoms. The highest BCUT2D eigenvalue weighted by molar-refractivity contribution is 5.98. The van der Waals surface area contributed by atoms with Crippen molar-refractivity contribution >= 4 is 11.9 Å². The second-order valence-corrected chi connectivity index (χ2v) is 6.15. The summed E-state index contributed by atoms with van der Waals surface area (Å²) < 4.78 is 44.2. The van der Waals surface area contributed by atoms with Crippen molar-refractivity contribution in [1.82, 2.24) is 4.90 Å². The maximum atomic E-state index is 13.0. The third kappa shape index (κ3) is 3.94. The number of carbonyl (C=O) groups excluding carboxylic acids is 1. The van der Waals surface area contributed by atoms with Crippen LogP contribution >= 0.6 is 0 Å². The summed E-state index contributed by atoms with van der Waals surface area (Å²) in [5, 5.41) is 9.24. The van der Waals surface area contributed by atoms with Gasteiger partial charge in [0.1, 0.15) is 12.4 Å².